The molecule has 8 saturated carbocycles. The van der Waals surface area contributed by atoms with Gasteiger partial charge in [0.25, 0.3) is 0 Å². The molecular weight excluding hydrogens is 588 g/mol. The van der Waals surface area contributed by atoms with Crippen LogP contribution in [0.3, 0.4) is 0 Å². The van der Waals surface area contributed by atoms with Crippen molar-refractivity contribution in [3.63, 3.8) is 0 Å². The van der Waals surface area contributed by atoms with Crippen LogP contribution in [0, 0.1) is 35.5 Å². The lowest BCUT2D eigenvalue weighted by Gasteiger charge is -2.57. The molecule has 8 aliphatic rings. The zero-order chi connectivity index (χ0) is 32.0. The summed E-state index contributed by atoms with van der Waals surface area (Å²) in [6, 6.07) is 29.4. The third-order valence-corrected chi connectivity index (χ3v) is 13.8. The molecule has 8 fully saturated rings. The Labute approximate surface area is 285 Å². The van der Waals surface area contributed by atoms with Crippen molar-refractivity contribution in [1.82, 2.24) is 0 Å². The van der Waals surface area contributed by atoms with Gasteiger partial charge in [-0.15, -0.1) is 0 Å². The van der Waals surface area contributed by atoms with Crippen molar-refractivity contribution in [2.75, 3.05) is 11.5 Å². The summed E-state index contributed by atoms with van der Waals surface area (Å²) in [6.07, 6.45) is 16.2. The smallest absolute Gasteiger partial charge is 0.135 e. The van der Waals surface area contributed by atoms with Crippen molar-refractivity contribution in [1.29, 1.82) is 0 Å². The number of para-hydroxylation sites is 2. The van der Waals surface area contributed by atoms with Crippen LogP contribution in [0.5, 0.6) is 23.0 Å². The van der Waals surface area contributed by atoms with Gasteiger partial charge < -0.3 is 20.9 Å². The highest BCUT2D eigenvalue weighted by molar-refractivity contribution is 5.76. The second-order valence-corrected chi connectivity index (χ2v) is 17.1. The predicted octanol–water partition coefficient (Wildman–Crippen LogP) is 11.0. The van der Waals surface area contributed by atoms with Gasteiger partial charge in [0.05, 0.1) is 0 Å². The number of rotatable bonds is 7. The number of nitrogens with two attached hydrogens (primary N) is 2. The second-order valence-electron chi connectivity index (χ2n) is 17.1. The number of hydrogen-bond donors (Lipinski definition) is 2. The van der Waals surface area contributed by atoms with Gasteiger partial charge in [-0.25, -0.2) is 0 Å². The zero-order valence-corrected chi connectivity index (χ0v) is 28.0. The lowest BCUT2D eigenvalue weighted by atomic mass is 9.48. The van der Waals surface area contributed by atoms with E-state index in [1.807, 2.05) is 12.1 Å². The first-order chi connectivity index (χ1) is 23.4. The Kier molecular flexibility index (Phi) is 6.53. The normalized spacial score (nSPS) is 34.0. The molecule has 0 spiro atoms. The molecule has 4 aromatic rings. The number of anilines is 2. The average molecular weight is 637 g/mol. The molecule has 0 aliphatic heterocycles. The number of benzene rings is 4. The van der Waals surface area contributed by atoms with Gasteiger partial charge in [0.1, 0.15) is 23.0 Å². The highest BCUT2D eigenvalue weighted by Gasteiger charge is 2.53. The Morgan fingerprint density at radius 2 is 0.771 bits per heavy atom. The van der Waals surface area contributed by atoms with Crippen LogP contribution in [0.1, 0.15) is 88.2 Å². The van der Waals surface area contributed by atoms with E-state index in [9.17, 15) is 0 Å². The van der Waals surface area contributed by atoms with Crippen LogP contribution in [-0.2, 0) is 10.8 Å². The molecule has 12 rings (SSSR count). The summed E-state index contributed by atoms with van der Waals surface area (Å²) in [5.74, 6) is 8.54. The predicted molar refractivity (Wildman–Crippen MR) is 193 cm³/mol. The van der Waals surface area contributed by atoms with Gasteiger partial charge in [-0.1, -0.05) is 36.4 Å². The second kappa shape index (κ2) is 10.8. The molecule has 8 bridgehead atoms. The van der Waals surface area contributed by atoms with Gasteiger partial charge in [0, 0.05) is 22.5 Å². The standard InChI is InChI=1S/C44H48N2O2/c45-39-11-9-33(19-37(39)43-21-27-13-28(22-43)15-29(14-27)23-43)47-41-7-3-1-5-35(41)36-6-2-4-8-42(36)48-34-10-12-40(46)38(20-34)44-24-30-16-31(25-44)18-32(17-30)26-44/h1-12,19-20,27-32H,13-18,21-26,45-46H2. The number of nitrogen functional groups attached to an aromatic ring is 2. The minimum Gasteiger partial charge on any atom is -0.457 e. The Morgan fingerprint density at radius 3 is 1.12 bits per heavy atom. The van der Waals surface area contributed by atoms with E-state index in [2.05, 4.69) is 72.8 Å². The SMILES string of the molecule is Nc1ccc(Oc2ccccc2-c2ccccc2Oc2ccc(N)c(C34CC5CC(CC(C5)C3)C4)c2)cc1C12CC3CC(CC(C3)C1)C2. The summed E-state index contributed by atoms with van der Waals surface area (Å²) in [4.78, 5) is 0. The molecule has 0 atom stereocenters. The maximum atomic E-state index is 6.77. The first-order valence-corrected chi connectivity index (χ1v) is 18.7. The van der Waals surface area contributed by atoms with Gasteiger partial charge >= 0.3 is 0 Å². The molecule has 246 valence electrons. The molecule has 0 unspecified atom stereocenters. The van der Waals surface area contributed by atoms with Gasteiger partial charge in [0.15, 0.2) is 0 Å². The lowest BCUT2D eigenvalue weighted by Crippen LogP contribution is -2.48. The van der Waals surface area contributed by atoms with Crippen molar-refractivity contribution < 1.29 is 9.47 Å². The van der Waals surface area contributed by atoms with Crippen molar-refractivity contribution in [3.05, 3.63) is 96.1 Å². The van der Waals surface area contributed by atoms with Gasteiger partial charge in [0.2, 0.25) is 0 Å². The van der Waals surface area contributed by atoms with Gasteiger partial charge in [-0.2, -0.15) is 0 Å². The fraction of sp³-hybridized carbons (Fsp3) is 0.455. The Balaban J connectivity index is 0.957. The quantitative estimate of drug-likeness (QED) is 0.198. The van der Waals surface area contributed by atoms with E-state index >= 15 is 0 Å². The van der Waals surface area contributed by atoms with E-state index in [0.29, 0.717) is 0 Å². The van der Waals surface area contributed by atoms with Crippen LogP contribution in [0.15, 0.2) is 84.9 Å². The number of hydrogen-bond acceptors (Lipinski definition) is 4. The average Bonchev–Trinajstić information content (AvgIpc) is 3.06. The molecule has 0 radical (unpaired) electrons. The van der Waals surface area contributed by atoms with Crippen molar-refractivity contribution in [2.24, 2.45) is 35.5 Å². The van der Waals surface area contributed by atoms with E-state index in [-0.39, 0.29) is 10.8 Å². The summed E-state index contributed by atoms with van der Waals surface area (Å²) in [7, 11) is 0. The monoisotopic (exact) mass is 636 g/mol. The molecule has 4 heteroatoms. The zero-order valence-electron chi connectivity index (χ0n) is 28.0. The van der Waals surface area contributed by atoms with Crippen molar-refractivity contribution >= 4 is 11.4 Å². The molecule has 0 heterocycles. The first-order valence-electron chi connectivity index (χ1n) is 18.7. The summed E-state index contributed by atoms with van der Waals surface area (Å²) < 4.78 is 13.5. The lowest BCUT2D eigenvalue weighted by molar-refractivity contribution is -0.00502. The van der Waals surface area contributed by atoms with Crippen LogP contribution in [0.25, 0.3) is 11.1 Å². The fourth-order valence-corrected chi connectivity index (χ4v) is 12.8. The van der Waals surface area contributed by atoms with Crippen LogP contribution in [-0.4, -0.2) is 0 Å². The van der Waals surface area contributed by atoms with Crippen LogP contribution < -0.4 is 20.9 Å². The molecule has 8 aliphatic carbocycles. The maximum Gasteiger partial charge on any atom is 0.135 e. The van der Waals surface area contributed by atoms with E-state index < -0.39 is 0 Å². The fourth-order valence-electron chi connectivity index (χ4n) is 12.8. The van der Waals surface area contributed by atoms with Crippen LogP contribution >= 0.6 is 0 Å². The number of ether oxygens (including phenoxy) is 2. The molecule has 4 aromatic carbocycles. The molecule has 0 aromatic heterocycles. The van der Waals surface area contributed by atoms with Gasteiger partial charge in [-0.3, -0.25) is 0 Å². The maximum absolute atomic E-state index is 6.77. The third-order valence-electron chi connectivity index (χ3n) is 13.8. The Bertz CT molecular complexity index is 1690. The summed E-state index contributed by atoms with van der Waals surface area (Å²) in [5, 5.41) is 0. The summed E-state index contributed by atoms with van der Waals surface area (Å²) in [6.45, 7) is 0. The van der Waals surface area contributed by atoms with Crippen LogP contribution in [0.2, 0.25) is 0 Å². The Hall–Kier alpha value is -3.92. The molecule has 48 heavy (non-hydrogen) atoms. The molecule has 0 amide bonds. The molecule has 0 saturated heterocycles. The van der Waals surface area contributed by atoms with Crippen molar-refractivity contribution in [3.8, 4) is 34.1 Å². The summed E-state index contributed by atoms with van der Waals surface area (Å²) >= 11 is 0. The highest BCUT2D eigenvalue weighted by atomic mass is 16.5. The third kappa shape index (κ3) is 4.76. The molecule has 4 N–H and O–H groups in total. The van der Waals surface area contributed by atoms with E-state index in [1.54, 1.807) is 0 Å². The van der Waals surface area contributed by atoms with E-state index in [0.717, 1.165) is 81.0 Å². The Morgan fingerprint density at radius 1 is 0.438 bits per heavy atom. The van der Waals surface area contributed by atoms with Crippen LogP contribution in [0.4, 0.5) is 11.4 Å². The molecule has 4 nitrogen and oxygen atoms in total. The minimum absolute atomic E-state index is 0.215. The minimum atomic E-state index is 0.215. The summed E-state index contributed by atoms with van der Waals surface area (Å²) in [5.41, 5.74) is 20.4. The largest absolute Gasteiger partial charge is 0.457 e. The van der Waals surface area contributed by atoms with E-state index in [4.69, 9.17) is 20.9 Å². The topological polar surface area (TPSA) is 70.5 Å². The first kappa shape index (κ1) is 29.0. The van der Waals surface area contributed by atoms with Crippen molar-refractivity contribution in [2.45, 2.75) is 87.9 Å². The van der Waals surface area contributed by atoms with Gasteiger partial charge in [-0.05, 0) is 183 Å². The highest BCUT2D eigenvalue weighted by Crippen LogP contribution is 2.63. The van der Waals surface area contributed by atoms with E-state index in [1.165, 1.54) is 88.2 Å². The molecular formula is C44H48N2O2.